The molecule has 2 nitrogen and oxygen atoms in total. The minimum Gasteiger partial charge on any atom is -0.344 e. The van der Waals surface area contributed by atoms with Crippen molar-refractivity contribution >= 4 is 38.9 Å². The number of hydrogen-bond donors (Lipinski definition) is 1. The summed E-state index contributed by atoms with van der Waals surface area (Å²) in [5, 5.41) is 1.01. The van der Waals surface area contributed by atoms with Gasteiger partial charge in [-0.05, 0) is 12.1 Å². The number of carbonyl (C=O) groups is 1. The number of carbonyl (C=O) groups excluding carboxylic acids is 1. The molecule has 2 heterocycles. The van der Waals surface area contributed by atoms with E-state index in [2.05, 4.69) is 4.98 Å². The van der Waals surface area contributed by atoms with Crippen molar-refractivity contribution in [1.82, 2.24) is 4.98 Å². The lowest BCUT2D eigenvalue weighted by Gasteiger charge is -1.84. The summed E-state index contributed by atoms with van der Waals surface area (Å²) in [6.07, 6.45) is 0. The fourth-order valence-electron chi connectivity index (χ4n) is 1.08. The van der Waals surface area contributed by atoms with Crippen molar-refractivity contribution in [1.29, 1.82) is 0 Å². The zero-order chi connectivity index (χ0) is 8.72. The van der Waals surface area contributed by atoms with Crippen LogP contribution in [0.4, 0.5) is 0 Å². The topological polar surface area (TPSA) is 32.9 Å². The Morgan fingerprint density at radius 1 is 1.58 bits per heavy atom. The Morgan fingerprint density at radius 3 is 2.92 bits per heavy atom. The number of fused-ring (bicyclic) bond motifs is 1. The lowest BCUT2D eigenvalue weighted by atomic mass is 10.3. The van der Waals surface area contributed by atoms with Crippen LogP contribution >= 0.6 is 22.9 Å². The molecule has 2 aromatic heterocycles. The molecule has 0 unspecified atom stereocenters. The second-order valence-electron chi connectivity index (χ2n) is 2.57. The lowest BCUT2D eigenvalue weighted by Crippen LogP contribution is -1.89. The third kappa shape index (κ3) is 1.15. The molecule has 0 atom stereocenters. The van der Waals surface area contributed by atoms with E-state index >= 15 is 0 Å². The summed E-state index contributed by atoms with van der Waals surface area (Å²) in [5.74, 6) is 0.0505. The Bertz CT molecular complexity index is 411. The van der Waals surface area contributed by atoms with E-state index in [-0.39, 0.29) is 5.78 Å². The molecule has 1 N–H and O–H groups in total. The minimum atomic E-state index is 0.0505. The highest BCUT2D eigenvalue weighted by molar-refractivity contribution is 7.22. The molecular formula is C8H6ClNOS. The zero-order valence-corrected chi connectivity index (χ0v) is 7.92. The molecular weight excluding hydrogens is 194 g/mol. The Balaban J connectivity index is 2.64. The molecule has 0 spiro atoms. The number of nitrogens with one attached hydrogen (secondary N) is 1. The van der Waals surface area contributed by atoms with Gasteiger partial charge in [-0.3, -0.25) is 4.79 Å². The van der Waals surface area contributed by atoms with Gasteiger partial charge in [0, 0.05) is 12.3 Å². The van der Waals surface area contributed by atoms with Gasteiger partial charge in [0.1, 0.15) is 4.83 Å². The first kappa shape index (κ1) is 7.83. The normalized spacial score (nSPS) is 10.8. The Morgan fingerprint density at radius 2 is 2.33 bits per heavy atom. The average Bonchev–Trinajstić information content (AvgIpc) is 2.42. The van der Waals surface area contributed by atoms with Crippen LogP contribution in [0.25, 0.3) is 10.2 Å². The van der Waals surface area contributed by atoms with Crippen LogP contribution in [0.5, 0.6) is 0 Å². The number of ketones is 1. The second-order valence-corrected chi connectivity index (χ2v) is 4.26. The van der Waals surface area contributed by atoms with Crippen molar-refractivity contribution in [3.63, 3.8) is 0 Å². The van der Waals surface area contributed by atoms with Gasteiger partial charge >= 0.3 is 0 Å². The van der Waals surface area contributed by atoms with Crippen LogP contribution in [0.2, 0.25) is 4.34 Å². The summed E-state index contributed by atoms with van der Waals surface area (Å²) >= 11 is 7.22. The van der Waals surface area contributed by atoms with Crippen LogP contribution in [0.1, 0.15) is 17.4 Å². The van der Waals surface area contributed by atoms with Crippen LogP contribution < -0.4 is 0 Å². The number of rotatable bonds is 1. The van der Waals surface area contributed by atoms with E-state index in [4.69, 9.17) is 11.6 Å². The fraction of sp³-hybridized carbons (Fsp3) is 0.125. The van der Waals surface area contributed by atoms with E-state index < -0.39 is 0 Å². The second kappa shape index (κ2) is 2.61. The number of thiophene rings is 1. The van der Waals surface area contributed by atoms with Gasteiger partial charge in [-0.15, -0.1) is 11.3 Å². The summed E-state index contributed by atoms with van der Waals surface area (Å²) in [6, 6.07) is 3.67. The minimum absolute atomic E-state index is 0.0505. The third-order valence-electron chi connectivity index (χ3n) is 1.66. The predicted molar refractivity (Wildman–Crippen MR) is 51.2 cm³/mol. The maximum Gasteiger partial charge on any atom is 0.175 e. The monoisotopic (exact) mass is 199 g/mol. The number of aromatic nitrogens is 1. The standard InChI is InChI=1S/C8H6ClNOS/c1-4(11)6-2-5-3-7(9)12-8(5)10-6/h2-3,10H,1H3. The quantitative estimate of drug-likeness (QED) is 0.704. The van der Waals surface area contributed by atoms with E-state index in [1.807, 2.05) is 12.1 Å². The molecule has 0 aliphatic heterocycles. The summed E-state index contributed by atoms with van der Waals surface area (Å²) in [7, 11) is 0. The first-order valence-electron chi connectivity index (χ1n) is 3.46. The largest absolute Gasteiger partial charge is 0.344 e. The van der Waals surface area contributed by atoms with Gasteiger partial charge in [-0.1, -0.05) is 11.6 Å². The number of H-pyrrole nitrogens is 1. The Hall–Kier alpha value is -0.800. The van der Waals surface area contributed by atoms with Crippen molar-refractivity contribution < 1.29 is 4.79 Å². The van der Waals surface area contributed by atoms with E-state index in [0.717, 1.165) is 14.6 Å². The molecule has 0 aliphatic rings. The molecule has 2 rings (SSSR count). The molecule has 12 heavy (non-hydrogen) atoms. The van der Waals surface area contributed by atoms with E-state index in [0.29, 0.717) is 5.69 Å². The Kier molecular flexibility index (Phi) is 1.70. The van der Waals surface area contributed by atoms with Gasteiger partial charge in [-0.25, -0.2) is 0 Å². The molecule has 0 radical (unpaired) electrons. The molecule has 2 aromatic rings. The van der Waals surface area contributed by atoms with Gasteiger partial charge in [0.2, 0.25) is 0 Å². The maximum atomic E-state index is 10.9. The first-order chi connectivity index (χ1) is 5.66. The highest BCUT2D eigenvalue weighted by Gasteiger charge is 2.06. The van der Waals surface area contributed by atoms with Gasteiger partial charge < -0.3 is 4.98 Å². The smallest absolute Gasteiger partial charge is 0.175 e. The van der Waals surface area contributed by atoms with Gasteiger partial charge in [-0.2, -0.15) is 0 Å². The lowest BCUT2D eigenvalue weighted by molar-refractivity contribution is 0.101. The zero-order valence-electron chi connectivity index (χ0n) is 6.35. The third-order valence-corrected chi connectivity index (χ3v) is 2.85. The van der Waals surface area contributed by atoms with Crippen molar-refractivity contribution in [3.05, 3.63) is 22.2 Å². The summed E-state index contributed by atoms with van der Waals surface area (Å²) in [6.45, 7) is 1.54. The molecule has 0 fully saturated rings. The van der Waals surface area contributed by atoms with E-state index in [9.17, 15) is 4.79 Å². The molecule has 0 saturated heterocycles. The van der Waals surface area contributed by atoms with Crippen molar-refractivity contribution in [3.8, 4) is 0 Å². The van der Waals surface area contributed by atoms with Gasteiger partial charge in [0.05, 0.1) is 10.0 Å². The SMILES string of the molecule is CC(=O)c1cc2cc(Cl)sc2[nH]1. The van der Waals surface area contributed by atoms with Crippen LogP contribution in [0.15, 0.2) is 12.1 Å². The van der Waals surface area contributed by atoms with Gasteiger partial charge in [0.15, 0.2) is 5.78 Å². The summed E-state index contributed by atoms with van der Waals surface area (Å²) in [5.41, 5.74) is 0.646. The average molecular weight is 200 g/mol. The molecule has 4 heteroatoms. The molecule has 0 bridgehead atoms. The van der Waals surface area contributed by atoms with E-state index in [1.54, 1.807) is 0 Å². The van der Waals surface area contributed by atoms with E-state index in [1.165, 1.54) is 18.3 Å². The van der Waals surface area contributed by atoms with Crippen molar-refractivity contribution in [2.45, 2.75) is 6.92 Å². The summed E-state index contributed by atoms with van der Waals surface area (Å²) < 4.78 is 0.742. The first-order valence-corrected chi connectivity index (χ1v) is 4.65. The fourth-order valence-corrected chi connectivity index (χ4v) is 2.21. The highest BCUT2D eigenvalue weighted by atomic mass is 35.5. The highest BCUT2D eigenvalue weighted by Crippen LogP contribution is 2.29. The van der Waals surface area contributed by atoms with Gasteiger partial charge in [0.25, 0.3) is 0 Å². The molecule has 0 aliphatic carbocycles. The molecule has 62 valence electrons. The van der Waals surface area contributed by atoms with Crippen LogP contribution in [0, 0.1) is 0 Å². The molecule has 0 saturated carbocycles. The van der Waals surface area contributed by atoms with Crippen LogP contribution in [-0.2, 0) is 0 Å². The molecule has 0 amide bonds. The summed E-state index contributed by atoms with van der Waals surface area (Å²) in [4.78, 5) is 14.9. The number of Topliss-reactive ketones (excluding diaryl/α,β-unsaturated/α-hetero) is 1. The maximum absolute atomic E-state index is 10.9. The predicted octanol–water partition coefficient (Wildman–Crippen LogP) is 3.09. The molecule has 0 aromatic carbocycles. The Labute approximate surface area is 78.2 Å². The number of halogens is 1. The van der Waals surface area contributed by atoms with Crippen LogP contribution in [0.3, 0.4) is 0 Å². The number of hydrogen-bond acceptors (Lipinski definition) is 2. The number of aromatic amines is 1. The van der Waals surface area contributed by atoms with Crippen molar-refractivity contribution in [2.24, 2.45) is 0 Å². The van der Waals surface area contributed by atoms with Crippen LogP contribution in [-0.4, -0.2) is 10.8 Å². The van der Waals surface area contributed by atoms with Crippen molar-refractivity contribution in [2.75, 3.05) is 0 Å².